The fraction of sp³-hybridized carbons (Fsp3) is 0.375. The molecule has 0 bridgehead atoms. The minimum Gasteiger partial charge on any atom is -0.332 e. The van der Waals surface area contributed by atoms with E-state index in [0.29, 0.717) is 12.1 Å². The Bertz CT molecular complexity index is 930. The van der Waals surface area contributed by atoms with Gasteiger partial charge >= 0.3 is 0 Å². The van der Waals surface area contributed by atoms with Crippen LogP contribution in [0.3, 0.4) is 0 Å². The molecule has 1 heterocycles. The number of nitrogens with one attached hydrogen (secondary N) is 2. The quantitative estimate of drug-likeness (QED) is 0.845. The molecular formula is C24H27N3O. The van der Waals surface area contributed by atoms with Crippen LogP contribution in [0, 0.1) is 6.92 Å². The molecule has 0 radical (unpaired) electrons. The lowest BCUT2D eigenvalue weighted by atomic mass is 9.91. The Kier molecular flexibility index (Phi) is 4.44. The third kappa shape index (κ3) is 3.22. The van der Waals surface area contributed by atoms with Crippen LogP contribution in [-0.4, -0.2) is 29.4 Å². The molecule has 4 nitrogen and oxygen atoms in total. The van der Waals surface area contributed by atoms with Crippen molar-refractivity contribution in [3.05, 3.63) is 70.9 Å². The van der Waals surface area contributed by atoms with Crippen molar-refractivity contribution in [2.24, 2.45) is 0 Å². The summed E-state index contributed by atoms with van der Waals surface area (Å²) in [5, 5.41) is 0. The monoisotopic (exact) mass is 373 g/mol. The number of benzene rings is 2. The lowest BCUT2D eigenvalue weighted by molar-refractivity contribution is 0.0643. The van der Waals surface area contributed by atoms with E-state index in [2.05, 4.69) is 59.1 Å². The molecule has 1 amide bonds. The van der Waals surface area contributed by atoms with Crippen molar-refractivity contribution in [1.29, 1.82) is 0 Å². The first-order valence-electron chi connectivity index (χ1n) is 10.4. The van der Waals surface area contributed by atoms with E-state index >= 15 is 0 Å². The van der Waals surface area contributed by atoms with Gasteiger partial charge in [-0.3, -0.25) is 4.79 Å². The van der Waals surface area contributed by atoms with E-state index in [0.717, 1.165) is 49.8 Å². The van der Waals surface area contributed by atoms with Gasteiger partial charge in [-0.2, -0.15) is 0 Å². The second-order valence-electron chi connectivity index (χ2n) is 8.30. The van der Waals surface area contributed by atoms with Gasteiger partial charge in [0.25, 0.3) is 5.91 Å². The highest BCUT2D eigenvalue weighted by atomic mass is 16.2. The maximum absolute atomic E-state index is 13.5. The van der Waals surface area contributed by atoms with Crippen molar-refractivity contribution in [3.8, 4) is 11.1 Å². The van der Waals surface area contributed by atoms with E-state index < -0.39 is 0 Å². The number of hydrogen-bond donors (Lipinski definition) is 2. The van der Waals surface area contributed by atoms with Gasteiger partial charge in [-0.25, -0.2) is 5.43 Å². The van der Waals surface area contributed by atoms with E-state index in [4.69, 9.17) is 0 Å². The van der Waals surface area contributed by atoms with Gasteiger partial charge in [0.05, 0.1) is 0 Å². The maximum Gasteiger partial charge on any atom is 0.254 e. The molecule has 1 fully saturated rings. The minimum atomic E-state index is 0.207. The lowest BCUT2D eigenvalue weighted by Crippen LogP contribution is -2.43. The van der Waals surface area contributed by atoms with Crippen LogP contribution in [-0.2, 0) is 0 Å². The molecule has 0 saturated heterocycles. The predicted molar refractivity (Wildman–Crippen MR) is 112 cm³/mol. The number of nitrogens with zero attached hydrogens (tertiary/aromatic N) is 1. The standard InChI is InChI=1S/C24H27N3O/c1-16-13-18(7-11-22(16)17-5-3-2-4-6-17)24(28)27(20-8-9-20)21-10-12-23-19(14-21)15-25-26-23/h2-7,11,13,20-21,25-26H,8-10,12,14-15H2,1H3. The van der Waals surface area contributed by atoms with Crippen molar-refractivity contribution >= 4 is 5.91 Å². The molecule has 1 atom stereocenters. The normalized spacial score (nSPS) is 21.2. The van der Waals surface area contributed by atoms with E-state index in [-0.39, 0.29) is 5.91 Å². The van der Waals surface area contributed by atoms with Crippen molar-refractivity contribution in [2.75, 3.05) is 6.54 Å². The number of allylic oxidation sites excluding steroid dienone is 1. The van der Waals surface area contributed by atoms with Crippen LogP contribution in [0.2, 0.25) is 0 Å². The number of carbonyl (C=O) groups is 1. The third-order valence-corrected chi connectivity index (χ3v) is 6.30. The summed E-state index contributed by atoms with van der Waals surface area (Å²) in [5.41, 5.74) is 13.7. The summed E-state index contributed by atoms with van der Waals surface area (Å²) < 4.78 is 0. The number of aryl methyl sites for hydroxylation is 1. The minimum absolute atomic E-state index is 0.207. The Labute approximate surface area is 166 Å². The van der Waals surface area contributed by atoms with Crippen LogP contribution in [0.5, 0.6) is 0 Å². The molecule has 2 N–H and O–H groups in total. The topological polar surface area (TPSA) is 44.4 Å². The highest BCUT2D eigenvalue weighted by Gasteiger charge is 2.39. The van der Waals surface area contributed by atoms with Gasteiger partial charge in [-0.1, -0.05) is 36.4 Å². The largest absolute Gasteiger partial charge is 0.332 e. The molecule has 2 aromatic carbocycles. The summed E-state index contributed by atoms with van der Waals surface area (Å²) in [5.74, 6) is 0.207. The number of hydrazine groups is 1. The average molecular weight is 374 g/mol. The van der Waals surface area contributed by atoms with Crippen LogP contribution in [0.1, 0.15) is 48.0 Å². The number of hydrogen-bond acceptors (Lipinski definition) is 3. The van der Waals surface area contributed by atoms with Gasteiger partial charge in [0.1, 0.15) is 0 Å². The Balaban J connectivity index is 1.40. The summed E-state index contributed by atoms with van der Waals surface area (Å²) in [7, 11) is 0. The lowest BCUT2D eigenvalue weighted by Gasteiger charge is -2.35. The summed E-state index contributed by atoms with van der Waals surface area (Å²) >= 11 is 0. The van der Waals surface area contributed by atoms with E-state index in [9.17, 15) is 4.79 Å². The van der Waals surface area contributed by atoms with E-state index in [1.807, 2.05) is 12.1 Å². The Morgan fingerprint density at radius 3 is 2.61 bits per heavy atom. The van der Waals surface area contributed by atoms with Gasteiger partial charge in [-0.05, 0) is 73.4 Å². The van der Waals surface area contributed by atoms with Crippen molar-refractivity contribution in [3.63, 3.8) is 0 Å². The van der Waals surface area contributed by atoms with Gasteiger partial charge in [0.15, 0.2) is 0 Å². The second-order valence-corrected chi connectivity index (χ2v) is 8.30. The van der Waals surface area contributed by atoms with E-state index in [1.54, 1.807) is 0 Å². The highest BCUT2D eigenvalue weighted by molar-refractivity contribution is 5.96. The van der Waals surface area contributed by atoms with Crippen LogP contribution >= 0.6 is 0 Å². The summed E-state index contributed by atoms with van der Waals surface area (Å²) in [6.07, 6.45) is 5.38. The fourth-order valence-electron chi connectivity index (χ4n) is 4.69. The predicted octanol–water partition coefficient (Wildman–Crippen LogP) is 4.18. The Hall–Kier alpha value is -2.59. The maximum atomic E-state index is 13.5. The molecule has 3 aliphatic rings. The molecule has 2 aromatic rings. The molecule has 1 saturated carbocycles. The van der Waals surface area contributed by atoms with E-state index in [1.165, 1.54) is 22.4 Å². The van der Waals surface area contributed by atoms with Crippen LogP contribution < -0.4 is 10.9 Å². The first kappa shape index (κ1) is 17.5. The number of amides is 1. The van der Waals surface area contributed by atoms with Gasteiger partial charge in [0.2, 0.25) is 0 Å². The van der Waals surface area contributed by atoms with Gasteiger partial charge in [-0.15, -0.1) is 0 Å². The van der Waals surface area contributed by atoms with Gasteiger partial charge in [0, 0.05) is 29.9 Å². The molecule has 5 rings (SSSR count). The van der Waals surface area contributed by atoms with Crippen molar-refractivity contribution in [2.45, 2.75) is 51.1 Å². The molecule has 0 aromatic heterocycles. The molecular weight excluding hydrogens is 346 g/mol. The third-order valence-electron chi connectivity index (χ3n) is 6.30. The fourth-order valence-corrected chi connectivity index (χ4v) is 4.69. The molecule has 144 valence electrons. The summed E-state index contributed by atoms with van der Waals surface area (Å²) in [6, 6.07) is 17.3. The highest BCUT2D eigenvalue weighted by Crippen LogP contribution is 2.37. The molecule has 28 heavy (non-hydrogen) atoms. The SMILES string of the molecule is Cc1cc(C(=O)N(C2CC2)C2CCC3=C(CNN3)C2)ccc1-c1ccccc1. The van der Waals surface area contributed by atoms with Crippen LogP contribution in [0.25, 0.3) is 11.1 Å². The smallest absolute Gasteiger partial charge is 0.254 e. The first-order valence-corrected chi connectivity index (χ1v) is 10.4. The second kappa shape index (κ2) is 7.10. The Morgan fingerprint density at radius 1 is 1.04 bits per heavy atom. The first-order chi connectivity index (χ1) is 13.7. The molecule has 1 aliphatic heterocycles. The number of carbonyl (C=O) groups excluding carboxylic acids is 1. The molecule has 1 unspecified atom stereocenters. The van der Waals surface area contributed by atoms with Crippen molar-refractivity contribution in [1.82, 2.24) is 15.8 Å². The average Bonchev–Trinajstić information content (AvgIpc) is 3.44. The van der Waals surface area contributed by atoms with Gasteiger partial charge < -0.3 is 10.3 Å². The Morgan fingerprint density at radius 2 is 1.86 bits per heavy atom. The zero-order valence-corrected chi connectivity index (χ0v) is 16.4. The number of rotatable bonds is 4. The summed E-state index contributed by atoms with van der Waals surface area (Å²) in [4.78, 5) is 15.7. The summed E-state index contributed by atoms with van der Waals surface area (Å²) in [6.45, 7) is 3.01. The zero-order valence-electron chi connectivity index (χ0n) is 16.4. The molecule has 0 spiro atoms. The zero-order chi connectivity index (χ0) is 19.1. The van der Waals surface area contributed by atoms with Crippen LogP contribution in [0.15, 0.2) is 59.8 Å². The molecule has 4 heteroatoms. The van der Waals surface area contributed by atoms with Crippen LogP contribution in [0.4, 0.5) is 0 Å². The molecule has 2 aliphatic carbocycles. The van der Waals surface area contributed by atoms with Crippen molar-refractivity contribution < 1.29 is 4.79 Å².